The van der Waals surface area contributed by atoms with Crippen molar-refractivity contribution in [3.05, 3.63) is 12.2 Å². The lowest BCUT2D eigenvalue weighted by molar-refractivity contribution is 0.516. The summed E-state index contributed by atoms with van der Waals surface area (Å²) in [7, 11) is -3.16. The fourth-order valence-electron chi connectivity index (χ4n) is 1.62. The van der Waals surface area contributed by atoms with Crippen LogP contribution in [0.2, 0.25) is 0 Å². The molecule has 0 saturated heterocycles. The fourth-order valence-corrected chi connectivity index (χ4v) is 3.55. The molecule has 0 radical (unpaired) electrons. The zero-order valence-corrected chi connectivity index (χ0v) is 10.5. The zero-order chi connectivity index (χ0) is 11.3. The van der Waals surface area contributed by atoms with E-state index in [1.807, 2.05) is 13.0 Å². The van der Waals surface area contributed by atoms with Gasteiger partial charge in [-0.3, -0.25) is 0 Å². The van der Waals surface area contributed by atoms with Gasteiger partial charge in [-0.2, -0.15) is 0 Å². The summed E-state index contributed by atoms with van der Waals surface area (Å²) in [5.74, 6) is 0.505. The van der Waals surface area contributed by atoms with E-state index in [4.69, 9.17) is 11.6 Å². The molecule has 0 fully saturated rings. The van der Waals surface area contributed by atoms with E-state index in [2.05, 4.69) is 10.8 Å². The standard InChI is InChI=1S/C10H18ClNO2S/c1-9(7-11)8-15(13,14)12-10-5-3-2-4-6-10/h2-3,9-10,12H,4-8H2,1H3. The Labute approximate surface area is 96.9 Å². The van der Waals surface area contributed by atoms with Crippen molar-refractivity contribution in [3.8, 4) is 0 Å². The third-order valence-electron chi connectivity index (χ3n) is 2.38. The van der Waals surface area contributed by atoms with Crippen LogP contribution in [0.4, 0.5) is 0 Å². The predicted molar refractivity (Wildman–Crippen MR) is 63.6 cm³/mol. The van der Waals surface area contributed by atoms with Crippen molar-refractivity contribution in [2.75, 3.05) is 11.6 Å². The number of hydrogen-bond donors (Lipinski definition) is 1. The fraction of sp³-hybridized carbons (Fsp3) is 0.800. The molecule has 1 N–H and O–H groups in total. The van der Waals surface area contributed by atoms with E-state index in [1.54, 1.807) is 0 Å². The highest BCUT2D eigenvalue weighted by Gasteiger charge is 2.20. The highest BCUT2D eigenvalue weighted by atomic mass is 35.5. The summed E-state index contributed by atoms with van der Waals surface area (Å²) in [4.78, 5) is 0. The Morgan fingerprint density at radius 1 is 1.53 bits per heavy atom. The van der Waals surface area contributed by atoms with Crippen LogP contribution in [0.25, 0.3) is 0 Å². The Kier molecular flexibility index (Phi) is 5.09. The number of hydrogen-bond acceptors (Lipinski definition) is 2. The lowest BCUT2D eigenvalue weighted by Gasteiger charge is -2.20. The third-order valence-corrected chi connectivity index (χ3v) is 4.61. The molecule has 0 spiro atoms. The summed E-state index contributed by atoms with van der Waals surface area (Å²) in [6, 6.07) is 0.0718. The van der Waals surface area contributed by atoms with Crippen molar-refractivity contribution in [3.63, 3.8) is 0 Å². The first-order valence-electron chi connectivity index (χ1n) is 5.24. The van der Waals surface area contributed by atoms with Crippen LogP contribution in [0.3, 0.4) is 0 Å². The van der Waals surface area contributed by atoms with Crippen LogP contribution in [0.1, 0.15) is 26.2 Å². The van der Waals surface area contributed by atoms with Crippen molar-refractivity contribution in [1.82, 2.24) is 4.72 Å². The van der Waals surface area contributed by atoms with Crippen molar-refractivity contribution < 1.29 is 8.42 Å². The highest BCUT2D eigenvalue weighted by molar-refractivity contribution is 7.89. The van der Waals surface area contributed by atoms with Crippen molar-refractivity contribution in [2.24, 2.45) is 5.92 Å². The summed E-state index contributed by atoms with van der Waals surface area (Å²) in [5.41, 5.74) is 0. The van der Waals surface area contributed by atoms with Gasteiger partial charge in [-0.25, -0.2) is 13.1 Å². The van der Waals surface area contributed by atoms with Gasteiger partial charge in [-0.05, 0) is 25.2 Å². The summed E-state index contributed by atoms with van der Waals surface area (Å²) < 4.78 is 26.1. The maximum absolute atomic E-state index is 11.7. The van der Waals surface area contributed by atoms with Crippen LogP contribution in [0.5, 0.6) is 0 Å². The topological polar surface area (TPSA) is 46.2 Å². The van der Waals surface area contributed by atoms with Gasteiger partial charge in [0.1, 0.15) is 0 Å². The van der Waals surface area contributed by atoms with Gasteiger partial charge in [0.05, 0.1) is 5.75 Å². The molecule has 1 aliphatic rings. The molecule has 2 unspecified atom stereocenters. The van der Waals surface area contributed by atoms with Crippen molar-refractivity contribution in [1.29, 1.82) is 0 Å². The van der Waals surface area contributed by atoms with E-state index in [-0.39, 0.29) is 17.7 Å². The van der Waals surface area contributed by atoms with Gasteiger partial charge in [-0.15, -0.1) is 11.6 Å². The predicted octanol–water partition coefficient (Wildman–Crippen LogP) is 1.89. The molecule has 0 aromatic rings. The number of rotatable bonds is 5. The van der Waals surface area contributed by atoms with Crippen LogP contribution >= 0.6 is 11.6 Å². The molecule has 1 aliphatic carbocycles. The van der Waals surface area contributed by atoms with Gasteiger partial charge < -0.3 is 0 Å². The number of allylic oxidation sites excluding steroid dienone is 1. The molecule has 0 aromatic heterocycles. The van der Waals surface area contributed by atoms with E-state index < -0.39 is 10.0 Å². The average Bonchev–Trinajstić information content (AvgIpc) is 2.17. The molecule has 0 heterocycles. The molecule has 5 heteroatoms. The molecule has 0 saturated carbocycles. The van der Waals surface area contributed by atoms with E-state index in [1.165, 1.54) is 0 Å². The first kappa shape index (κ1) is 13.0. The van der Waals surface area contributed by atoms with Gasteiger partial charge in [0.2, 0.25) is 10.0 Å². The minimum atomic E-state index is -3.16. The summed E-state index contributed by atoms with van der Waals surface area (Å²) >= 11 is 5.60. The number of nitrogens with one attached hydrogen (secondary N) is 1. The van der Waals surface area contributed by atoms with Crippen LogP contribution in [0, 0.1) is 5.92 Å². The number of halogens is 1. The van der Waals surface area contributed by atoms with Crippen LogP contribution < -0.4 is 4.72 Å². The Morgan fingerprint density at radius 2 is 2.27 bits per heavy atom. The Balaban J connectivity index is 2.45. The molecule has 2 atom stereocenters. The minimum absolute atomic E-state index is 0.00305. The van der Waals surface area contributed by atoms with Crippen molar-refractivity contribution in [2.45, 2.75) is 32.2 Å². The normalized spacial score (nSPS) is 24.0. The monoisotopic (exact) mass is 251 g/mol. The molecular formula is C10H18ClNO2S. The van der Waals surface area contributed by atoms with Gasteiger partial charge in [0.15, 0.2) is 0 Å². The van der Waals surface area contributed by atoms with Gasteiger partial charge in [0, 0.05) is 11.9 Å². The first-order chi connectivity index (χ1) is 7.03. The lowest BCUT2D eigenvalue weighted by Crippen LogP contribution is -2.38. The van der Waals surface area contributed by atoms with Gasteiger partial charge in [0.25, 0.3) is 0 Å². The number of alkyl halides is 1. The molecule has 0 aromatic carbocycles. The molecule has 15 heavy (non-hydrogen) atoms. The quantitative estimate of drug-likeness (QED) is 0.599. The Hall–Kier alpha value is -0.0600. The maximum Gasteiger partial charge on any atom is 0.212 e. The van der Waals surface area contributed by atoms with E-state index in [9.17, 15) is 8.42 Å². The Morgan fingerprint density at radius 3 is 2.80 bits per heavy atom. The van der Waals surface area contributed by atoms with Gasteiger partial charge >= 0.3 is 0 Å². The van der Waals surface area contributed by atoms with Crippen LogP contribution in [0.15, 0.2) is 12.2 Å². The molecule has 0 aliphatic heterocycles. The number of sulfonamides is 1. The first-order valence-corrected chi connectivity index (χ1v) is 7.43. The second-order valence-corrected chi connectivity index (χ2v) is 6.25. The third kappa shape index (κ3) is 5.00. The van der Waals surface area contributed by atoms with Crippen molar-refractivity contribution >= 4 is 21.6 Å². The molecule has 0 bridgehead atoms. The smallest absolute Gasteiger partial charge is 0.212 e. The minimum Gasteiger partial charge on any atom is -0.212 e. The second kappa shape index (κ2) is 5.87. The summed E-state index contributed by atoms with van der Waals surface area (Å²) in [6.07, 6.45) is 6.77. The van der Waals surface area contributed by atoms with E-state index in [0.29, 0.717) is 5.88 Å². The lowest BCUT2D eigenvalue weighted by atomic mass is 10.0. The summed E-state index contributed by atoms with van der Waals surface area (Å²) in [5, 5.41) is 0. The molecule has 88 valence electrons. The average molecular weight is 252 g/mol. The summed E-state index contributed by atoms with van der Waals surface area (Å²) in [6.45, 7) is 1.84. The highest BCUT2D eigenvalue weighted by Crippen LogP contribution is 2.12. The molecule has 3 nitrogen and oxygen atoms in total. The largest absolute Gasteiger partial charge is 0.212 e. The SMILES string of the molecule is CC(CCl)CS(=O)(=O)NC1CC=CCC1. The van der Waals surface area contributed by atoms with Crippen LogP contribution in [-0.2, 0) is 10.0 Å². The Bertz CT molecular complexity index is 313. The second-order valence-electron chi connectivity index (χ2n) is 4.14. The van der Waals surface area contributed by atoms with E-state index >= 15 is 0 Å². The van der Waals surface area contributed by atoms with Gasteiger partial charge in [-0.1, -0.05) is 19.1 Å². The molecular weight excluding hydrogens is 234 g/mol. The zero-order valence-electron chi connectivity index (χ0n) is 8.95. The van der Waals surface area contributed by atoms with Crippen LogP contribution in [-0.4, -0.2) is 26.1 Å². The van der Waals surface area contributed by atoms with E-state index in [0.717, 1.165) is 19.3 Å². The maximum atomic E-state index is 11.7. The molecule has 1 rings (SSSR count). The molecule has 0 amide bonds.